The van der Waals surface area contributed by atoms with Gasteiger partial charge in [-0.15, -0.1) is 0 Å². The number of alkyl halides is 1. The number of carboxylic acid groups (broad SMARTS) is 1. The predicted molar refractivity (Wildman–Crippen MR) is 169 cm³/mol. The SMILES string of the molecule is CC(=O)NC(=Cc1ccc(C(F)C(=O)O)c(NNC(N)=O)c1)C(=O)N[C@H]1CCCCN(Cc2ccc(-c3ccccc3)cc2)C1=O. The first kappa shape index (κ1) is 33.2. The van der Waals surface area contributed by atoms with Crippen molar-refractivity contribution >= 4 is 41.5 Å². The first-order valence-corrected chi connectivity index (χ1v) is 14.6. The molecular weight excluding hydrogens is 595 g/mol. The summed E-state index contributed by atoms with van der Waals surface area (Å²) < 4.78 is 14.4. The molecule has 0 aromatic heterocycles. The Hall–Kier alpha value is -5.72. The number of rotatable bonds is 11. The first-order valence-electron chi connectivity index (χ1n) is 14.6. The molecule has 12 nitrogen and oxygen atoms in total. The molecule has 5 amide bonds. The topological polar surface area (TPSA) is 183 Å². The van der Waals surface area contributed by atoms with Crippen LogP contribution >= 0.6 is 0 Å². The number of hydrazine groups is 1. The van der Waals surface area contributed by atoms with Gasteiger partial charge in [-0.2, -0.15) is 0 Å². The van der Waals surface area contributed by atoms with E-state index in [2.05, 4.69) is 16.1 Å². The van der Waals surface area contributed by atoms with Crippen LogP contribution in [-0.4, -0.2) is 52.3 Å². The third-order valence-corrected chi connectivity index (χ3v) is 7.27. The van der Waals surface area contributed by atoms with Crippen LogP contribution in [0.1, 0.15) is 49.0 Å². The second kappa shape index (κ2) is 15.3. The van der Waals surface area contributed by atoms with Crippen molar-refractivity contribution < 1.29 is 33.5 Å². The van der Waals surface area contributed by atoms with Crippen LogP contribution in [0.2, 0.25) is 0 Å². The molecule has 0 spiro atoms. The molecule has 1 aliphatic heterocycles. The molecule has 1 unspecified atom stereocenters. The fourth-order valence-corrected chi connectivity index (χ4v) is 5.06. The minimum Gasteiger partial charge on any atom is -0.479 e. The van der Waals surface area contributed by atoms with Gasteiger partial charge in [0.05, 0.1) is 5.69 Å². The average molecular weight is 631 g/mol. The van der Waals surface area contributed by atoms with E-state index in [1.165, 1.54) is 25.1 Å². The number of amides is 5. The number of nitrogens with two attached hydrogens (primary N) is 1. The molecule has 13 heteroatoms. The molecule has 7 N–H and O–H groups in total. The lowest BCUT2D eigenvalue weighted by atomic mass is 10.0. The van der Waals surface area contributed by atoms with Crippen LogP contribution in [0.4, 0.5) is 14.9 Å². The number of carbonyl (C=O) groups is 5. The molecule has 1 fully saturated rings. The highest BCUT2D eigenvalue weighted by atomic mass is 19.1. The summed E-state index contributed by atoms with van der Waals surface area (Å²) in [5, 5.41) is 14.3. The highest BCUT2D eigenvalue weighted by Gasteiger charge is 2.29. The highest BCUT2D eigenvalue weighted by molar-refractivity contribution is 6.03. The largest absolute Gasteiger partial charge is 0.479 e. The summed E-state index contributed by atoms with van der Waals surface area (Å²) in [7, 11) is 0. The standard InChI is InChI=1S/C33H35FN6O6/c1-20(41)36-28(18-22-12-15-25(29(34)32(44)45)27(17-22)38-39-33(35)46)30(42)37-26-9-5-6-16-40(31(26)43)19-21-10-13-24(14-11-21)23-7-3-2-4-8-23/h2-4,7-8,10-15,17-18,26,29,38H,5-6,9,16,19H2,1H3,(H,36,41)(H,37,42)(H,44,45)(H3,35,39,46)/t26-,29?/m0/s1. The number of nitrogens with zero attached hydrogens (tertiary/aromatic N) is 1. The van der Waals surface area contributed by atoms with Gasteiger partial charge in [0.15, 0.2) is 0 Å². The van der Waals surface area contributed by atoms with E-state index >= 15 is 0 Å². The summed E-state index contributed by atoms with van der Waals surface area (Å²) in [6.07, 6.45) is 0.686. The van der Waals surface area contributed by atoms with Crippen molar-refractivity contribution in [2.45, 2.75) is 44.9 Å². The van der Waals surface area contributed by atoms with Gasteiger partial charge in [0, 0.05) is 25.6 Å². The van der Waals surface area contributed by atoms with Gasteiger partial charge in [0.2, 0.25) is 18.0 Å². The second-order valence-electron chi connectivity index (χ2n) is 10.7. The molecule has 0 saturated carbocycles. The molecule has 1 heterocycles. The molecule has 240 valence electrons. The van der Waals surface area contributed by atoms with Crippen molar-refractivity contribution in [1.82, 2.24) is 21.0 Å². The van der Waals surface area contributed by atoms with Gasteiger partial charge in [-0.3, -0.25) is 25.2 Å². The quantitative estimate of drug-likeness (QED) is 0.138. The fraction of sp³-hybridized carbons (Fsp3) is 0.242. The van der Waals surface area contributed by atoms with Gasteiger partial charge in [-0.25, -0.2) is 14.0 Å². The molecule has 0 aliphatic carbocycles. The third-order valence-electron chi connectivity index (χ3n) is 7.27. The zero-order valence-corrected chi connectivity index (χ0v) is 25.1. The van der Waals surface area contributed by atoms with Crippen LogP contribution in [0, 0.1) is 0 Å². The Bertz CT molecular complexity index is 1630. The summed E-state index contributed by atoms with van der Waals surface area (Å²) >= 11 is 0. The Balaban J connectivity index is 1.52. The number of anilines is 1. The summed E-state index contributed by atoms with van der Waals surface area (Å²) in [5.41, 5.74) is 12.1. The Morgan fingerprint density at radius 2 is 1.72 bits per heavy atom. The predicted octanol–water partition coefficient (Wildman–Crippen LogP) is 3.62. The number of hydrogen-bond acceptors (Lipinski definition) is 6. The van der Waals surface area contributed by atoms with Gasteiger partial charge in [-0.05, 0) is 53.7 Å². The van der Waals surface area contributed by atoms with E-state index in [9.17, 15) is 28.4 Å². The van der Waals surface area contributed by atoms with Crippen molar-refractivity contribution in [3.63, 3.8) is 0 Å². The lowest BCUT2D eigenvalue weighted by Crippen LogP contribution is -2.48. The number of benzene rings is 3. The normalized spacial score (nSPS) is 15.7. The lowest BCUT2D eigenvalue weighted by Gasteiger charge is -2.25. The molecule has 46 heavy (non-hydrogen) atoms. The fourth-order valence-electron chi connectivity index (χ4n) is 5.06. The molecule has 2 atom stereocenters. The molecule has 0 bridgehead atoms. The molecule has 3 aromatic carbocycles. The van der Waals surface area contributed by atoms with Crippen molar-refractivity contribution in [2.75, 3.05) is 12.0 Å². The number of carboxylic acids is 1. The van der Waals surface area contributed by atoms with Crippen LogP contribution in [-0.2, 0) is 25.7 Å². The number of likely N-dealkylation sites (tertiary alicyclic amines) is 1. The first-order chi connectivity index (χ1) is 22.0. The maximum Gasteiger partial charge on any atom is 0.343 e. The van der Waals surface area contributed by atoms with Crippen molar-refractivity contribution in [3.05, 3.63) is 95.2 Å². The minimum atomic E-state index is -2.43. The van der Waals surface area contributed by atoms with Crippen LogP contribution in [0.3, 0.4) is 0 Å². The minimum absolute atomic E-state index is 0.142. The lowest BCUT2D eigenvalue weighted by molar-refractivity contribution is -0.143. The van der Waals surface area contributed by atoms with Crippen molar-refractivity contribution in [3.8, 4) is 11.1 Å². The number of nitrogens with one attached hydrogen (secondary N) is 4. The zero-order valence-electron chi connectivity index (χ0n) is 25.1. The van der Waals surface area contributed by atoms with E-state index in [1.54, 1.807) is 4.90 Å². The van der Waals surface area contributed by atoms with Gasteiger partial charge >= 0.3 is 12.0 Å². The number of aliphatic carboxylic acids is 1. The maximum atomic E-state index is 14.4. The average Bonchev–Trinajstić information content (AvgIpc) is 3.20. The Morgan fingerprint density at radius 3 is 2.37 bits per heavy atom. The molecule has 4 rings (SSSR count). The molecular formula is C33H35FN6O6. The van der Waals surface area contributed by atoms with E-state index in [0.717, 1.165) is 29.2 Å². The molecule has 0 radical (unpaired) electrons. The molecule has 1 aliphatic rings. The molecule has 3 aromatic rings. The van der Waals surface area contributed by atoms with Gasteiger partial charge < -0.3 is 26.4 Å². The van der Waals surface area contributed by atoms with Crippen molar-refractivity contribution in [1.29, 1.82) is 0 Å². The van der Waals surface area contributed by atoms with Gasteiger partial charge in [0.1, 0.15) is 11.7 Å². The second-order valence-corrected chi connectivity index (χ2v) is 10.7. The van der Waals surface area contributed by atoms with Crippen LogP contribution < -0.4 is 27.2 Å². The number of carbonyl (C=O) groups excluding carboxylic acids is 4. The van der Waals surface area contributed by atoms with Crippen LogP contribution in [0.5, 0.6) is 0 Å². The van der Waals surface area contributed by atoms with E-state index < -0.39 is 36.0 Å². The smallest absolute Gasteiger partial charge is 0.343 e. The summed E-state index contributed by atoms with van der Waals surface area (Å²) in [5.74, 6) is -3.30. The number of primary amides is 1. The number of urea groups is 1. The number of hydrogen-bond donors (Lipinski definition) is 6. The van der Waals surface area contributed by atoms with E-state index in [-0.39, 0.29) is 28.4 Å². The summed E-state index contributed by atoms with van der Waals surface area (Å²) in [6.45, 7) is 2.09. The van der Waals surface area contributed by atoms with Crippen molar-refractivity contribution in [2.24, 2.45) is 5.73 Å². The van der Waals surface area contributed by atoms with E-state index in [1.807, 2.05) is 60.0 Å². The Kier molecular flexibility index (Phi) is 11.1. The monoisotopic (exact) mass is 630 g/mol. The Morgan fingerprint density at radius 1 is 1.02 bits per heavy atom. The van der Waals surface area contributed by atoms with E-state index in [0.29, 0.717) is 25.9 Å². The molecule has 1 saturated heterocycles. The van der Waals surface area contributed by atoms with E-state index in [4.69, 9.17) is 10.8 Å². The Labute approximate surface area is 264 Å². The number of halogens is 1. The maximum absolute atomic E-state index is 14.4. The van der Waals surface area contributed by atoms with Gasteiger partial charge in [0.25, 0.3) is 5.91 Å². The third kappa shape index (κ3) is 8.91. The van der Waals surface area contributed by atoms with Crippen LogP contribution in [0.15, 0.2) is 78.5 Å². The summed E-state index contributed by atoms with van der Waals surface area (Å²) in [6, 6.07) is 19.8. The highest BCUT2D eigenvalue weighted by Crippen LogP contribution is 2.28. The summed E-state index contributed by atoms with van der Waals surface area (Å²) in [4.78, 5) is 63.1. The van der Waals surface area contributed by atoms with Crippen LogP contribution in [0.25, 0.3) is 17.2 Å². The van der Waals surface area contributed by atoms with Gasteiger partial charge in [-0.1, -0.05) is 66.7 Å². The zero-order chi connectivity index (χ0) is 33.2.